The summed E-state index contributed by atoms with van der Waals surface area (Å²) in [5, 5.41) is 5.27. The number of benzene rings is 3. The highest BCUT2D eigenvalue weighted by molar-refractivity contribution is 6.03. The molecule has 0 atom stereocenters. The molecule has 0 heterocycles. The number of amides is 1. The fraction of sp³-hybridized carbons (Fsp3) is 0.0526. The Labute approximate surface area is 146 Å². The number of rotatable bonds is 5. The number of alkyl halides is 2. The van der Waals surface area contributed by atoms with Gasteiger partial charge in [0.1, 0.15) is 11.6 Å². The predicted octanol–water partition coefficient (Wildman–Crippen LogP) is 4.34. The predicted molar refractivity (Wildman–Crippen MR) is 92.0 cm³/mol. The summed E-state index contributed by atoms with van der Waals surface area (Å²) in [7, 11) is 0. The minimum absolute atomic E-state index is 0.0570. The van der Waals surface area contributed by atoms with Crippen LogP contribution in [-0.4, -0.2) is 18.7 Å². The van der Waals surface area contributed by atoms with Gasteiger partial charge < -0.3 is 4.74 Å². The van der Waals surface area contributed by atoms with Gasteiger partial charge in [-0.2, -0.15) is 13.9 Å². The summed E-state index contributed by atoms with van der Waals surface area (Å²) in [6.07, 6.45) is 1.24. The first-order chi connectivity index (χ1) is 12.5. The Hall–Kier alpha value is -3.35. The number of nitrogens with one attached hydrogen (secondary N) is 1. The Balaban J connectivity index is 1.87. The molecule has 0 spiro atoms. The van der Waals surface area contributed by atoms with E-state index in [4.69, 9.17) is 0 Å². The quantitative estimate of drug-likeness (QED) is 0.545. The molecular weight excluding hydrogens is 345 g/mol. The Morgan fingerprint density at radius 3 is 2.50 bits per heavy atom. The van der Waals surface area contributed by atoms with Crippen LogP contribution in [0.5, 0.6) is 5.75 Å². The van der Waals surface area contributed by atoms with Crippen LogP contribution >= 0.6 is 0 Å². The van der Waals surface area contributed by atoms with Gasteiger partial charge in [-0.3, -0.25) is 4.79 Å². The van der Waals surface area contributed by atoms with Crippen molar-refractivity contribution in [3.63, 3.8) is 0 Å². The lowest BCUT2D eigenvalue weighted by atomic mass is 10.0. The lowest BCUT2D eigenvalue weighted by Crippen LogP contribution is -2.17. The van der Waals surface area contributed by atoms with Gasteiger partial charge in [0.25, 0.3) is 5.91 Å². The zero-order valence-corrected chi connectivity index (χ0v) is 13.3. The van der Waals surface area contributed by atoms with Crippen molar-refractivity contribution in [3.8, 4) is 5.75 Å². The summed E-state index contributed by atoms with van der Waals surface area (Å²) in [6, 6.07) is 15.1. The van der Waals surface area contributed by atoms with E-state index in [9.17, 15) is 18.0 Å². The SMILES string of the molecule is O=C(N/N=C\c1c(OC(F)F)ccc2ccccc12)c1ccc(F)cc1. The summed E-state index contributed by atoms with van der Waals surface area (Å²) < 4.78 is 42.7. The molecule has 0 saturated carbocycles. The van der Waals surface area contributed by atoms with Gasteiger partial charge in [0.2, 0.25) is 0 Å². The maximum absolute atomic E-state index is 12.9. The summed E-state index contributed by atoms with van der Waals surface area (Å²) in [5.74, 6) is -1.08. The number of fused-ring (bicyclic) bond motifs is 1. The van der Waals surface area contributed by atoms with Crippen molar-refractivity contribution >= 4 is 22.9 Å². The molecule has 3 aromatic rings. The van der Waals surface area contributed by atoms with E-state index in [0.717, 1.165) is 17.5 Å². The van der Waals surface area contributed by atoms with Crippen molar-refractivity contribution in [2.24, 2.45) is 5.10 Å². The first kappa shape index (κ1) is 17.5. The van der Waals surface area contributed by atoms with E-state index in [0.29, 0.717) is 10.9 Å². The van der Waals surface area contributed by atoms with Crippen LogP contribution < -0.4 is 10.2 Å². The molecule has 0 bridgehead atoms. The fourth-order valence-corrected chi connectivity index (χ4v) is 2.43. The van der Waals surface area contributed by atoms with Crippen molar-refractivity contribution in [2.75, 3.05) is 0 Å². The molecule has 0 aliphatic carbocycles. The van der Waals surface area contributed by atoms with Crippen LogP contribution in [0.25, 0.3) is 10.8 Å². The molecule has 0 aromatic heterocycles. The Kier molecular flexibility index (Phi) is 5.17. The zero-order chi connectivity index (χ0) is 18.5. The first-order valence-electron chi connectivity index (χ1n) is 7.60. The van der Waals surface area contributed by atoms with E-state index < -0.39 is 18.3 Å². The summed E-state index contributed by atoms with van der Waals surface area (Å²) >= 11 is 0. The minimum atomic E-state index is -2.99. The van der Waals surface area contributed by atoms with Crippen LogP contribution in [0.15, 0.2) is 65.8 Å². The normalized spacial score (nSPS) is 11.2. The Morgan fingerprint density at radius 2 is 1.77 bits per heavy atom. The molecule has 0 aliphatic rings. The number of hydrazone groups is 1. The number of carbonyl (C=O) groups is 1. The molecule has 26 heavy (non-hydrogen) atoms. The van der Waals surface area contributed by atoms with E-state index in [1.807, 2.05) is 12.1 Å². The van der Waals surface area contributed by atoms with Crippen molar-refractivity contribution in [2.45, 2.75) is 6.61 Å². The van der Waals surface area contributed by atoms with Crippen LogP contribution in [0.2, 0.25) is 0 Å². The molecule has 0 fully saturated rings. The number of halogens is 3. The van der Waals surface area contributed by atoms with Crippen molar-refractivity contribution in [1.82, 2.24) is 5.43 Å². The molecule has 0 radical (unpaired) electrons. The molecule has 7 heteroatoms. The second-order valence-corrected chi connectivity index (χ2v) is 5.28. The maximum atomic E-state index is 12.9. The highest BCUT2D eigenvalue weighted by atomic mass is 19.3. The number of ether oxygens (including phenoxy) is 1. The number of hydrogen-bond acceptors (Lipinski definition) is 3. The summed E-state index contributed by atoms with van der Waals surface area (Å²) in [6.45, 7) is -2.99. The zero-order valence-electron chi connectivity index (χ0n) is 13.3. The molecule has 0 unspecified atom stereocenters. The smallest absolute Gasteiger partial charge is 0.387 e. The third kappa shape index (κ3) is 4.00. The van der Waals surface area contributed by atoms with Crippen LogP contribution in [0.3, 0.4) is 0 Å². The lowest BCUT2D eigenvalue weighted by Gasteiger charge is -2.10. The highest BCUT2D eigenvalue weighted by Gasteiger charge is 2.12. The van der Waals surface area contributed by atoms with E-state index in [1.54, 1.807) is 18.2 Å². The van der Waals surface area contributed by atoms with E-state index in [2.05, 4.69) is 15.3 Å². The number of carbonyl (C=O) groups excluding carboxylic acids is 1. The number of hydrogen-bond donors (Lipinski definition) is 1. The van der Waals surface area contributed by atoms with Gasteiger partial charge in [-0.05, 0) is 41.1 Å². The fourth-order valence-electron chi connectivity index (χ4n) is 2.43. The Bertz CT molecular complexity index is 957. The second-order valence-electron chi connectivity index (χ2n) is 5.28. The minimum Gasteiger partial charge on any atom is -0.434 e. The van der Waals surface area contributed by atoms with Gasteiger partial charge in [0.15, 0.2) is 0 Å². The molecule has 3 aromatic carbocycles. The van der Waals surface area contributed by atoms with Crippen molar-refractivity contribution in [3.05, 3.63) is 77.6 Å². The molecule has 1 N–H and O–H groups in total. The van der Waals surface area contributed by atoms with Crippen LogP contribution in [0.1, 0.15) is 15.9 Å². The number of nitrogens with zero attached hydrogens (tertiary/aromatic N) is 1. The lowest BCUT2D eigenvalue weighted by molar-refractivity contribution is -0.0498. The maximum Gasteiger partial charge on any atom is 0.387 e. The van der Waals surface area contributed by atoms with Crippen LogP contribution in [0, 0.1) is 5.82 Å². The standard InChI is InChI=1S/C19H13F3N2O2/c20-14-8-5-13(6-9-14)18(25)24-23-11-16-15-4-2-1-3-12(15)7-10-17(16)26-19(21)22/h1-11,19H,(H,24,25)/b23-11-. The molecule has 1 amide bonds. The first-order valence-corrected chi connectivity index (χ1v) is 7.60. The van der Waals surface area contributed by atoms with Crippen molar-refractivity contribution < 1.29 is 22.7 Å². The topological polar surface area (TPSA) is 50.7 Å². The Morgan fingerprint density at radius 1 is 1.04 bits per heavy atom. The monoisotopic (exact) mass is 358 g/mol. The summed E-state index contributed by atoms with van der Waals surface area (Å²) in [5.41, 5.74) is 2.80. The van der Waals surface area contributed by atoms with Crippen LogP contribution in [-0.2, 0) is 0 Å². The van der Waals surface area contributed by atoms with Gasteiger partial charge >= 0.3 is 6.61 Å². The van der Waals surface area contributed by atoms with E-state index in [-0.39, 0.29) is 11.3 Å². The largest absolute Gasteiger partial charge is 0.434 e. The molecule has 4 nitrogen and oxygen atoms in total. The molecule has 0 aliphatic heterocycles. The van der Waals surface area contributed by atoms with Gasteiger partial charge in [0.05, 0.1) is 6.21 Å². The van der Waals surface area contributed by atoms with Crippen LogP contribution in [0.4, 0.5) is 13.2 Å². The van der Waals surface area contributed by atoms with Gasteiger partial charge in [-0.25, -0.2) is 9.82 Å². The average Bonchev–Trinajstić information content (AvgIpc) is 2.63. The molecule has 0 saturated heterocycles. The van der Waals surface area contributed by atoms with Gasteiger partial charge in [-0.15, -0.1) is 0 Å². The second kappa shape index (κ2) is 7.69. The van der Waals surface area contributed by atoms with E-state index in [1.165, 1.54) is 24.4 Å². The van der Waals surface area contributed by atoms with Gasteiger partial charge in [-0.1, -0.05) is 30.3 Å². The van der Waals surface area contributed by atoms with Gasteiger partial charge in [0, 0.05) is 11.1 Å². The molecule has 3 rings (SSSR count). The summed E-state index contributed by atoms with van der Waals surface area (Å²) in [4.78, 5) is 12.0. The van der Waals surface area contributed by atoms with Crippen molar-refractivity contribution in [1.29, 1.82) is 0 Å². The third-order valence-electron chi connectivity index (χ3n) is 3.61. The highest BCUT2D eigenvalue weighted by Crippen LogP contribution is 2.27. The van der Waals surface area contributed by atoms with E-state index >= 15 is 0 Å². The third-order valence-corrected chi connectivity index (χ3v) is 3.61. The molecular formula is C19H13F3N2O2. The average molecular weight is 358 g/mol. The molecule has 132 valence electrons.